The molecule has 0 aromatic carbocycles. The maximum absolute atomic E-state index is 6.29. The molecule has 1 aromatic heterocycles. The van der Waals surface area contributed by atoms with Gasteiger partial charge in [0.25, 0.3) is 0 Å². The standard InChI is InChI=1S/C14H26ClN3O/c1-4-8-18-14(12(15)11-17-18)13(16-6-3)7-10-19-9-5-2/h11,13,16H,4-10H2,1-3H3. The van der Waals surface area contributed by atoms with Gasteiger partial charge >= 0.3 is 0 Å². The molecule has 0 aliphatic rings. The van der Waals surface area contributed by atoms with Crippen LogP contribution in [0.2, 0.25) is 5.02 Å². The summed E-state index contributed by atoms with van der Waals surface area (Å²) in [6, 6.07) is 0.211. The molecule has 110 valence electrons. The van der Waals surface area contributed by atoms with Gasteiger partial charge in [0.15, 0.2) is 0 Å². The van der Waals surface area contributed by atoms with Crippen LogP contribution >= 0.6 is 11.6 Å². The highest BCUT2D eigenvalue weighted by Crippen LogP contribution is 2.25. The number of nitrogens with zero attached hydrogens (tertiary/aromatic N) is 2. The van der Waals surface area contributed by atoms with E-state index >= 15 is 0 Å². The Balaban J connectivity index is 2.70. The molecule has 1 rings (SSSR count). The molecule has 1 aromatic rings. The van der Waals surface area contributed by atoms with Gasteiger partial charge < -0.3 is 10.1 Å². The first-order chi connectivity index (χ1) is 9.24. The van der Waals surface area contributed by atoms with Crippen molar-refractivity contribution in [1.29, 1.82) is 0 Å². The Morgan fingerprint density at radius 2 is 2.11 bits per heavy atom. The van der Waals surface area contributed by atoms with E-state index in [1.807, 2.05) is 4.68 Å². The van der Waals surface area contributed by atoms with Gasteiger partial charge in [-0.15, -0.1) is 0 Å². The summed E-state index contributed by atoms with van der Waals surface area (Å²) in [5.41, 5.74) is 1.09. The molecule has 4 nitrogen and oxygen atoms in total. The Hall–Kier alpha value is -0.580. The van der Waals surface area contributed by atoms with Crippen molar-refractivity contribution in [2.75, 3.05) is 19.8 Å². The second-order valence-electron chi connectivity index (χ2n) is 4.61. The largest absolute Gasteiger partial charge is 0.381 e. The zero-order valence-corrected chi connectivity index (χ0v) is 13.0. The third-order valence-electron chi connectivity index (χ3n) is 2.95. The zero-order chi connectivity index (χ0) is 14.1. The average Bonchev–Trinajstić information content (AvgIpc) is 2.75. The van der Waals surface area contributed by atoms with Crippen molar-refractivity contribution < 1.29 is 4.74 Å². The van der Waals surface area contributed by atoms with Crippen LogP contribution < -0.4 is 5.32 Å². The first-order valence-corrected chi connectivity index (χ1v) is 7.64. The van der Waals surface area contributed by atoms with E-state index < -0.39 is 0 Å². The Kier molecular flexibility index (Phi) is 8.10. The third kappa shape index (κ3) is 5.13. The van der Waals surface area contributed by atoms with Crippen molar-refractivity contribution >= 4 is 11.6 Å². The molecule has 0 bridgehead atoms. The first-order valence-electron chi connectivity index (χ1n) is 7.26. The van der Waals surface area contributed by atoms with E-state index in [0.29, 0.717) is 0 Å². The summed E-state index contributed by atoms with van der Waals surface area (Å²) in [7, 11) is 0. The van der Waals surface area contributed by atoms with E-state index in [0.717, 1.165) is 56.3 Å². The molecule has 1 N–H and O–H groups in total. The lowest BCUT2D eigenvalue weighted by Gasteiger charge is -2.20. The minimum Gasteiger partial charge on any atom is -0.381 e. The molecule has 0 spiro atoms. The highest BCUT2D eigenvalue weighted by molar-refractivity contribution is 6.31. The summed E-state index contributed by atoms with van der Waals surface area (Å²) in [5.74, 6) is 0. The maximum Gasteiger partial charge on any atom is 0.0834 e. The minimum absolute atomic E-state index is 0.211. The van der Waals surface area contributed by atoms with E-state index in [4.69, 9.17) is 16.3 Å². The first kappa shape index (κ1) is 16.5. The van der Waals surface area contributed by atoms with Crippen molar-refractivity contribution in [3.63, 3.8) is 0 Å². The molecule has 0 aliphatic heterocycles. The summed E-state index contributed by atoms with van der Waals surface area (Å²) < 4.78 is 7.59. The highest BCUT2D eigenvalue weighted by Gasteiger charge is 2.19. The molecule has 1 unspecified atom stereocenters. The molecule has 0 saturated heterocycles. The van der Waals surface area contributed by atoms with Gasteiger partial charge in [-0.3, -0.25) is 4.68 Å². The Labute approximate surface area is 121 Å². The molecule has 1 heterocycles. The molecule has 0 amide bonds. The normalized spacial score (nSPS) is 12.8. The van der Waals surface area contributed by atoms with Crippen molar-refractivity contribution in [3.05, 3.63) is 16.9 Å². The number of ether oxygens (including phenoxy) is 1. The average molecular weight is 288 g/mol. The van der Waals surface area contributed by atoms with Crippen LogP contribution in [0.15, 0.2) is 6.20 Å². The summed E-state index contributed by atoms with van der Waals surface area (Å²) >= 11 is 6.29. The van der Waals surface area contributed by atoms with Crippen LogP contribution in [0.1, 0.15) is 51.8 Å². The van der Waals surface area contributed by atoms with Gasteiger partial charge in [0.1, 0.15) is 0 Å². The van der Waals surface area contributed by atoms with Gasteiger partial charge in [0.2, 0.25) is 0 Å². The van der Waals surface area contributed by atoms with Crippen LogP contribution in [0.4, 0.5) is 0 Å². The van der Waals surface area contributed by atoms with Gasteiger partial charge in [-0.05, 0) is 25.8 Å². The van der Waals surface area contributed by atoms with Gasteiger partial charge in [0, 0.05) is 19.8 Å². The number of aromatic nitrogens is 2. The van der Waals surface area contributed by atoms with E-state index in [1.165, 1.54) is 0 Å². The van der Waals surface area contributed by atoms with Crippen LogP contribution in [-0.4, -0.2) is 29.5 Å². The summed E-state index contributed by atoms with van der Waals surface area (Å²) in [6.07, 6.45) is 4.77. The molecule has 0 saturated carbocycles. The summed E-state index contributed by atoms with van der Waals surface area (Å²) in [5, 5.41) is 8.58. The monoisotopic (exact) mass is 287 g/mol. The Bertz CT molecular complexity index is 354. The molecule has 19 heavy (non-hydrogen) atoms. The van der Waals surface area contributed by atoms with Crippen LogP contribution in [0.3, 0.4) is 0 Å². The van der Waals surface area contributed by atoms with Gasteiger partial charge in [-0.2, -0.15) is 5.10 Å². The topological polar surface area (TPSA) is 39.1 Å². The minimum atomic E-state index is 0.211. The lowest BCUT2D eigenvalue weighted by Crippen LogP contribution is -2.25. The van der Waals surface area contributed by atoms with E-state index in [1.54, 1.807) is 6.20 Å². The Morgan fingerprint density at radius 3 is 2.74 bits per heavy atom. The number of nitrogens with one attached hydrogen (secondary N) is 1. The predicted octanol–water partition coefficient (Wildman–Crippen LogP) is 3.41. The quantitative estimate of drug-likeness (QED) is 0.670. The van der Waals surface area contributed by atoms with Crippen molar-refractivity contribution in [2.45, 2.75) is 52.6 Å². The van der Waals surface area contributed by atoms with Gasteiger partial charge in [0.05, 0.1) is 23.0 Å². The van der Waals surface area contributed by atoms with Crippen LogP contribution in [0, 0.1) is 0 Å². The van der Waals surface area contributed by atoms with Crippen molar-refractivity contribution in [1.82, 2.24) is 15.1 Å². The molecule has 1 atom stereocenters. The highest BCUT2D eigenvalue weighted by atomic mass is 35.5. The zero-order valence-electron chi connectivity index (χ0n) is 12.3. The van der Waals surface area contributed by atoms with Crippen LogP contribution in [-0.2, 0) is 11.3 Å². The van der Waals surface area contributed by atoms with Gasteiger partial charge in [-0.1, -0.05) is 32.4 Å². The molecular formula is C14H26ClN3O. The Morgan fingerprint density at radius 1 is 1.32 bits per heavy atom. The number of halogens is 1. The van der Waals surface area contributed by atoms with E-state index in [-0.39, 0.29) is 6.04 Å². The fourth-order valence-electron chi connectivity index (χ4n) is 2.14. The lowest BCUT2D eigenvalue weighted by molar-refractivity contribution is 0.124. The molecular weight excluding hydrogens is 262 g/mol. The fourth-order valence-corrected chi connectivity index (χ4v) is 2.41. The number of aryl methyl sites for hydroxylation is 1. The second kappa shape index (κ2) is 9.34. The van der Waals surface area contributed by atoms with Crippen molar-refractivity contribution in [2.24, 2.45) is 0 Å². The van der Waals surface area contributed by atoms with E-state index in [9.17, 15) is 0 Å². The van der Waals surface area contributed by atoms with E-state index in [2.05, 4.69) is 31.2 Å². The smallest absolute Gasteiger partial charge is 0.0834 e. The lowest BCUT2D eigenvalue weighted by atomic mass is 10.1. The van der Waals surface area contributed by atoms with Crippen molar-refractivity contribution in [3.8, 4) is 0 Å². The number of hydrogen-bond donors (Lipinski definition) is 1. The molecule has 0 aliphatic carbocycles. The molecule has 5 heteroatoms. The summed E-state index contributed by atoms with van der Waals surface area (Å²) in [4.78, 5) is 0. The predicted molar refractivity (Wildman–Crippen MR) is 79.7 cm³/mol. The third-order valence-corrected chi connectivity index (χ3v) is 3.24. The van der Waals surface area contributed by atoms with Gasteiger partial charge in [-0.25, -0.2) is 0 Å². The fraction of sp³-hybridized carbons (Fsp3) is 0.786. The maximum atomic E-state index is 6.29. The SMILES string of the molecule is CCCOCCC(NCC)c1c(Cl)cnn1CCC. The number of rotatable bonds is 10. The summed E-state index contributed by atoms with van der Waals surface area (Å²) in [6.45, 7) is 9.75. The van der Waals surface area contributed by atoms with Crippen LogP contribution in [0.25, 0.3) is 0 Å². The van der Waals surface area contributed by atoms with Crippen LogP contribution in [0.5, 0.6) is 0 Å². The molecule has 0 radical (unpaired) electrons. The number of hydrogen-bond acceptors (Lipinski definition) is 3. The second-order valence-corrected chi connectivity index (χ2v) is 5.02. The molecule has 0 fully saturated rings.